The van der Waals surface area contributed by atoms with Gasteiger partial charge in [0.25, 0.3) is 6.43 Å². The average Bonchev–Trinajstić information content (AvgIpc) is 2.67. The van der Waals surface area contributed by atoms with E-state index in [1.807, 2.05) is 12.1 Å². The highest BCUT2D eigenvalue weighted by Gasteiger charge is 2.17. The molecule has 0 saturated carbocycles. The van der Waals surface area contributed by atoms with E-state index in [0.717, 1.165) is 16.5 Å². The number of fused-ring (bicyclic) bond motifs is 1. The van der Waals surface area contributed by atoms with Crippen LogP contribution in [0.4, 0.5) is 8.78 Å². The van der Waals surface area contributed by atoms with Crippen LogP contribution in [0.1, 0.15) is 24.4 Å². The number of alkyl halides is 2. The maximum Gasteiger partial charge on any atom is 0.261 e. The van der Waals surface area contributed by atoms with E-state index < -0.39 is 13.0 Å². The summed E-state index contributed by atoms with van der Waals surface area (Å²) in [7, 11) is 0. The first-order valence-electron chi connectivity index (χ1n) is 6.78. The van der Waals surface area contributed by atoms with Crippen molar-refractivity contribution in [3.63, 3.8) is 0 Å². The van der Waals surface area contributed by atoms with Gasteiger partial charge < -0.3 is 19.9 Å². The fourth-order valence-electron chi connectivity index (χ4n) is 2.02. The Morgan fingerprint density at radius 2 is 1.90 bits per heavy atom. The third-order valence-electron chi connectivity index (χ3n) is 3.08. The zero-order valence-electron chi connectivity index (χ0n) is 11.5. The maximum atomic E-state index is 12.0. The lowest BCUT2D eigenvalue weighted by molar-refractivity contribution is 0.0152. The van der Waals surface area contributed by atoms with E-state index in [9.17, 15) is 8.78 Å². The molecule has 1 aromatic rings. The Morgan fingerprint density at radius 3 is 2.57 bits per heavy atom. The van der Waals surface area contributed by atoms with Crippen LogP contribution in [0.2, 0.25) is 0 Å². The minimum atomic E-state index is -2.45. The highest BCUT2D eigenvalue weighted by atomic mass is 79.9. The lowest BCUT2D eigenvalue weighted by Gasteiger charge is -2.17. The van der Waals surface area contributed by atoms with Crippen LogP contribution in [-0.2, 0) is 4.74 Å². The van der Waals surface area contributed by atoms with Gasteiger partial charge >= 0.3 is 0 Å². The van der Waals surface area contributed by atoms with E-state index >= 15 is 0 Å². The van der Waals surface area contributed by atoms with E-state index in [-0.39, 0.29) is 12.6 Å². The third kappa shape index (κ3) is 4.79. The summed E-state index contributed by atoms with van der Waals surface area (Å²) in [6, 6.07) is 3.34. The Balaban J connectivity index is 2.00. The topological polar surface area (TPSA) is 53.7 Å². The maximum absolute atomic E-state index is 12.0. The number of halogens is 3. The van der Waals surface area contributed by atoms with Crippen LogP contribution in [-0.4, -0.2) is 32.9 Å². The van der Waals surface area contributed by atoms with Crippen molar-refractivity contribution in [1.29, 1.82) is 0 Å². The van der Waals surface area contributed by atoms with Crippen LogP contribution in [0.5, 0.6) is 11.5 Å². The monoisotopic (exact) mass is 365 g/mol. The molecule has 1 unspecified atom stereocenters. The van der Waals surface area contributed by atoms with Gasteiger partial charge in [-0.25, -0.2) is 8.78 Å². The van der Waals surface area contributed by atoms with E-state index in [2.05, 4.69) is 15.9 Å². The third-order valence-corrected chi connectivity index (χ3v) is 3.77. The molecule has 21 heavy (non-hydrogen) atoms. The van der Waals surface area contributed by atoms with Crippen LogP contribution in [0.25, 0.3) is 0 Å². The average molecular weight is 366 g/mol. The molecule has 1 aromatic carbocycles. The lowest BCUT2D eigenvalue weighted by Crippen LogP contribution is -2.15. The van der Waals surface area contributed by atoms with Crippen LogP contribution in [0.15, 0.2) is 16.6 Å². The van der Waals surface area contributed by atoms with Crippen LogP contribution in [0.3, 0.4) is 0 Å². The van der Waals surface area contributed by atoms with Crippen molar-refractivity contribution in [2.45, 2.75) is 25.3 Å². The zero-order valence-corrected chi connectivity index (χ0v) is 13.1. The molecule has 0 bridgehead atoms. The summed E-state index contributed by atoms with van der Waals surface area (Å²) in [4.78, 5) is 0. The fraction of sp³-hybridized carbons (Fsp3) is 0.571. The predicted molar refractivity (Wildman–Crippen MR) is 78.1 cm³/mol. The number of hydrogen-bond donors (Lipinski definition) is 1. The second kappa shape index (κ2) is 7.91. The number of nitrogens with two attached hydrogens (primary N) is 1. The molecule has 0 amide bonds. The molecule has 0 aliphatic carbocycles. The zero-order chi connectivity index (χ0) is 15.2. The molecule has 1 aliphatic heterocycles. The lowest BCUT2D eigenvalue weighted by atomic mass is 10.0. The number of hydrogen-bond acceptors (Lipinski definition) is 4. The van der Waals surface area contributed by atoms with E-state index in [0.29, 0.717) is 31.1 Å². The summed E-state index contributed by atoms with van der Waals surface area (Å²) >= 11 is 3.46. The Kier molecular flexibility index (Phi) is 6.20. The van der Waals surface area contributed by atoms with Crippen molar-refractivity contribution in [2.24, 2.45) is 5.73 Å². The van der Waals surface area contributed by atoms with Gasteiger partial charge in [0.15, 0.2) is 11.5 Å². The molecule has 1 aliphatic rings. The van der Waals surface area contributed by atoms with Crippen molar-refractivity contribution in [3.8, 4) is 11.5 Å². The van der Waals surface area contributed by atoms with Gasteiger partial charge in [0, 0.05) is 23.5 Å². The highest BCUT2D eigenvalue weighted by molar-refractivity contribution is 9.10. The van der Waals surface area contributed by atoms with Gasteiger partial charge in [0.2, 0.25) is 0 Å². The summed E-state index contributed by atoms with van der Waals surface area (Å²) in [6.07, 6.45) is -1.17. The normalized spacial score (nSPS) is 15.9. The van der Waals surface area contributed by atoms with Gasteiger partial charge in [-0.15, -0.1) is 0 Å². The van der Waals surface area contributed by atoms with E-state index in [4.69, 9.17) is 19.9 Å². The predicted octanol–water partition coefficient (Wildman–Crippen LogP) is 3.28. The summed E-state index contributed by atoms with van der Waals surface area (Å²) in [5.74, 6) is 1.35. The summed E-state index contributed by atoms with van der Waals surface area (Å²) in [6.45, 7) is 0.842. The first kappa shape index (κ1) is 16.5. The number of rotatable bonds is 6. The van der Waals surface area contributed by atoms with Crippen molar-refractivity contribution in [1.82, 2.24) is 0 Å². The molecule has 0 fully saturated rings. The first-order chi connectivity index (χ1) is 10.1. The van der Waals surface area contributed by atoms with Gasteiger partial charge in [0.05, 0.1) is 13.2 Å². The Labute approximate surface area is 130 Å². The smallest absolute Gasteiger partial charge is 0.261 e. The molecule has 4 nitrogen and oxygen atoms in total. The Bertz CT molecular complexity index is 474. The molecule has 2 rings (SSSR count). The Hall–Kier alpha value is -0.920. The Morgan fingerprint density at radius 1 is 1.24 bits per heavy atom. The van der Waals surface area contributed by atoms with Gasteiger partial charge in [-0.2, -0.15) is 0 Å². The molecule has 1 heterocycles. The second-order valence-corrected chi connectivity index (χ2v) is 5.59. The molecular weight excluding hydrogens is 348 g/mol. The SMILES string of the molecule is NC(CCOCC(F)F)c1cc2c(cc1Br)OCCCO2. The number of benzene rings is 1. The largest absolute Gasteiger partial charge is 0.490 e. The van der Waals surface area contributed by atoms with Gasteiger partial charge in [0.1, 0.15) is 6.61 Å². The van der Waals surface area contributed by atoms with Gasteiger partial charge in [-0.1, -0.05) is 15.9 Å². The van der Waals surface area contributed by atoms with Crippen molar-refractivity contribution < 1.29 is 23.0 Å². The van der Waals surface area contributed by atoms with E-state index in [1.165, 1.54) is 0 Å². The highest BCUT2D eigenvalue weighted by Crippen LogP contribution is 2.37. The minimum Gasteiger partial charge on any atom is -0.490 e. The standard InChI is InChI=1S/C14H18BrF2NO3/c15-10-7-13-12(20-3-1-4-21-13)6-9(10)11(18)2-5-19-8-14(16)17/h6-7,11,14H,1-5,8,18H2. The minimum absolute atomic E-state index is 0.187. The number of ether oxygens (including phenoxy) is 3. The molecule has 1 atom stereocenters. The van der Waals surface area contributed by atoms with E-state index in [1.54, 1.807) is 0 Å². The summed E-state index contributed by atoms with van der Waals surface area (Å²) in [5, 5.41) is 0. The van der Waals surface area contributed by atoms with Crippen molar-refractivity contribution in [3.05, 3.63) is 22.2 Å². The van der Waals surface area contributed by atoms with Crippen LogP contribution >= 0.6 is 15.9 Å². The first-order valence-corrected chi connectivity index (χ1v) is 7.57. The molecule has 0 radical (unpaired) electrons. The summed E-state index contributed by atoms with van der Waals surface area (Å²) in [5.41, 5.74) is 6.94. The molecule has 0 spiro atoms. The molecular formula is C14H18BrF2NO3. The van der Waals surface area contributed by atoms with Gasteiger partial charge in [-0.05, 0) is 24.1 Å². The van der Waals surface area contributed by atoms with Gasteiger partial charge in [-0.3, -0.25) is 0 Å². The molecule has 118 valence electrons. The second-order valence-electron chi connectivity index (χ2n) is 4.73. The van der Waals surface area contributed by atoms with Crippen molar-refractivity contribution >= 4 is 15.9 Å². The van der Waals surface area contributed by atoms with Crippen LogP contribution in [0, 0.1) is 0 Å². The molecule has 7 heteroatoms. The quantitative estimate of drug-likeness (QED) is 0.786. The van der Waals surface area contributed by atoms with Crippen LogP contribution < -0.4 is 15.2 Å². The summed E-state index contributed by atoms with van der Waals surface area (Å²) < 4.78 is 40.8. The van der Waals surface area contributed by atoms with Crippen molar-refractivity contribution in [2.75, 3.05) is 26.4 Å². The molecule has 0 saturated heterocycles. The fourth-order valence-corrected chi connectivity index (χ4v) is 2.64. The molecule has 0 aromatic heterocycles. The molecule has 2 N–H and O–H groups in total.